The van der Waals surface area contributed by atoms with Crippen molar-refractivity contribution in [3.05, 3.63) is 48.3 Å². The lowest BCUT2D eigenvalue weighted by Crippen LogP contribution is -1.90. The summed E-state index contributed by atoms with van der Waals surface area (Å²) in [6.07, 6.45) is 3.38. The number of aromatic nitrogens is 3. The molecule has 0 aliphatic carbocycles. The molecule has 0 amide bonds. The van der Waals surface area contributed by atoms with Gasteiger partial charge in [-0.25, -0.2) is 0 Å². The molecule has 0 unspecified atom stereocenters. The zero-order chi connectivity index (χ0) is 16.1. The molecule has 6 nitrogen and oxygen atoms in total. The first kappa shape index (κ1) is 15.4. The molecule has 0 N–H and O–H groups in total. The van der Waals surface area contributed by atoms with Crippen LogP contribution in [-0.2, 0) is 5.75 Å². The number of rotatable bonds is 6. The van der Waals surface area contributed by atoms with Crippen molar-refractivity contribution in [3.8, 4) is 23.0 Å². The zero-order valence-corrected chi connectivity index (χ0v) is 13.5. The zero-order valence-electron chi connectivity index (χ0n) is 12.7. The second-order valence-corrected chi connectivity index (χ2v) is 5.55. The van der Waals surface area contributed by atoms with Crippen LogP contribution in [0.5, 0.6) is 11.5 Å². The fourth-order valence-electron chi connectivity index (χ4n) is 1.97. The van der Waals surface area contributed by atoms with Gasteiger partial charge in [-0.3, -0.25) is 4.98 Å². The molecule has 0 fully saturated rings. The highest BCUT2D eigenvalue weighted by molar-refractivity contribution is 7.98. The van der Waals surface area contributed by atoms with E-state index in [0.29, 0.717) is 16.9 Å². The highest BCUT2D eigenvalue weighted by Gasteiger charge is 2.10. The van der Waals surface area contributed by atoms with Crippen molar-refractivity contribution in [3.63, 3.8) is 0 Å². The average molecular weight is 329 g/mol. The van der Waals surface area contributed by atoms with Gasteiger partial charge in [0, 0.05) is 29.8 Å². The Hall–Kier alpha value is -2.54. The van der Waals surface area contributed by atoms with Gasteiger partial charge in [0.15, 0.2) is 0 Å². The Balaban J connectivity index is 1.70. The summed E-state index contributed by atoms with van der Waals surface area (Å²) in [6.45, 7) is 0. The largest absolute Gasteiger partial charge is 0.497 e. The Labute approximate surface area is 137 Å². The Kier molecular flexibility index (Phi) is 4.77. The van der Waals surface area contributed by atoms with Crippen molar-refractivity contribution < 1.29 is 13.9 Å². The van der Waals surface area contributed by atoms with Gasteiger partial charge in [0.2, 0.25) is 5.89 Å². The SMILES string of the molecule is COc1cc(CSc2nnc(-c3ccncc3)o2)cc(OC)c1. The number of nitrogens with zero attached hydrogens (tertiary/aromatic N) is 3. The molecule has 0 aliphatic heterocycles. The number of pyridine rings is 1. The second kappa shape index (κ2) is 7.15. The molecule has 0 bridgehead atoms. The first-order chi connectivity index (χ1) is 11.3. The average Bonchev–Trinajstić information content (AvgIpc) is 3.09. The summed E-state index contributed by atoms with van der Waals surface area (Å²) in [7, 11) is 3.26. The van der Waals surface area contributed by atoms with Crippen molar-refractivity contribution in [2.75, 3.05) is 14.2 Å². The van der Waals surface area contributed by atoms with Crippen LogP contribution in [0.3, 0.4) is 0 Å². The molecule has 3 rings (SSSR count). The first-order valence-corrected chi connectivity index (χ1v) is 7.85. The minimum atomic E-state index is 0.484. The molecular formula is C16H15N3O3S. The van der Waals surface area contributed by atoms with Crippen molar-refractivity contribution in [2.45, 2.75) is 11.0 Å². The van der Waals surface area contributed by atoms with Gasteiger partial charge in [-0.2, -0.15) is 0 Å². The van der Waals surface area contributed by atoms with Crippen molar-refractivity contribution in [2.24, 2.45) is 0 Å². The van der Waals surface area contributed by atoms with Crippen LogP contribution in [0.15, 0.2) is 52.4 Å². The van der Waals surface area contributed by atoms with Crippen LogP contribution < -0.4 is 9.47 Å². The van der Waals surface area contributed by atoms with Gasteiger partial charge in [0.1, 0.15) is 11.5 Å². The smallest absolute Gasteiger partial charge is 0.277 e. The predicted octanol–water partition coefficient (Wildman–Crippen LogP) is 3.44. The van der Waals surface area contributed by atoms with Crippen molar-refractivity contribution in [1.29, 1.82) is 0 Å². The van der Waals surface area contributed by atoms with Crippen LogP contribution in [0.4, 0.5) is 0 Å². The molecule has 0 radical (unpaired) electrons. The Morgan fingerprint density at radius 3 is 2.35 bits per heavy atom. The summed E-state index contributed by atoms with van der Waals surface area (Å²) in [5.74, 6) is 2.66. The quantitative estimate of drug-likeness (QED) is 0.641. The maximum Gasteiger partial charge on any atom is 0.277 e. The maximum absolute atomic E-state index is 5.66. The minimum Gasteiger partial charge on any atom is -0.497 e. The fraction of sp³-hybridized carbons (Fsp3) is 0.188. The first-order valence-electron chi connectivity index (χ1n) is 6.87. The number of hydrogen-bond donors (Lipinski definition) is 0. The summed E-state index contributed by atoms with van der Waals surface area (Å²) in [6, 6.07) is 9.40. The van der Waals surface area contributed by atoms with Crippen molar-refractivity contribution in [1.82, 2.24) is 15.2 Å². The number of thioether (sulfide) groups is 1. The fourth-order valence-corrected chi connectivity index (χ4v) is 2.67. The van der Waals surface area contributed by atoms with E-state index in [-0.39, 0.29) is 0 Å². The van der Waals surface area contributed by atoms with Crippen molar-refractivity contribution >= 4 is 11.8 Å². The monoisotopic (exact) mass is 329 g/mol. The van der Waals surface area contributed by atoms with Crippen LogP contribution in [-0.4, -0.2) is 29.4 Å². The molecule has 2 heterocycles. The number of ether oxygens (including phenoxy) is 2. The van der Waals surface area contributed by atoms with Gasteiger partial charge >= 0.3 is 0 Å². The predicted molar refractivity (Wildman–Crippen MR) is 86.6 cm³/mol. The van der Waals surface area contributed by atoms with Crippen LogP contribution in [0.1, 0.15) is 5.56 Å². The van der Waals surface area contributed by atoms with Gasteiger partial charge in [-0.1, -0.05) is 11.8 Å². The van der Waals surface area contributed by atoms with Crippen LogP contribution in [0, 0.1) is 0 Å². The lowest BCUT2D eigenvalue weighted by atomic mass is 10.2. The van der Waals surface area contributed by atoms with E-state index >= 15 is 0 Å². The standard InChI is InChI=1S/C16H15N3O3S/c1-20-13-7-11(8-14(9-13)21-2)10-23-16-19-18-15(22-16)12-3-5-17-6-4-12/h3-9H,10H2,1-2H3. The van der Waals surface area contributed by atoms with E-state index in [9.17, 15) is 0 Å². The third-order valence-corrected chi connectivity index (χ3v) is 4.00. The van der Waals surface area contributed by atoms with Gasteiger partial charge in [0.05, 0.1) is 14.2 Å². The molecule has 0 spiro atoms. The topological polar surface area (TPSA) is 70.3 Å². The van der Waals surface area contributed by atoms with E-state index in [2.05, 4.69) is 15.2 Å². The van der Waals surface area contributed by atoms with E-state index in [1.54, 1.807) is 26.6 Å². The van der Waals surface area contributed by atoms with E-state index in [4.69, 9.17) is 13.9 Å². The molecular weight excluding hydrogens is 314 g/mol. The van der Waals surface area contributed by atoms with Gasteiger partial charge in [-0.15, -0.1) is 10.2 Å². The van der Waals surface area contributed by atoms with E-state index < -0.39 is 0 Å². The number of hydrogen-bond acceptors (Lipinski definition) is 7. The van der Waals surface area contributed by atoms with Gasteiger partial charge < -0.3 is 13.9 Å². The Morgan fingerprint density at radius 1 is 1.00 bits per heavy atom. The molecule has 23 heavy (non-hydrogen) atoms. The molecule has 0 atom stereocenters. The Morgan fingerprint density at radius 2 is 1.70 bits per heavy atom. The normalized spacial score (nSPS) is 10.5. The van der Waals surface area contributed by atoms with E-state index in [1.165, 1.54) is 11.8 Å². The number of methoxy groups -OCH3 is 2. The molecule has 0 aliphatic rings. The van der Waals surface area contributed by atoms with Crippen LogP contribution in [0.25, 0.3) is 11.5 Å². The third-order valence-electron chi connectivity index (χ3n) is 3.11. The molecule has 118 valence electrons. The molecule has 3 aromatic rings. The van der Waals surface area contributed by atoms with Crippen LogP contribution in [0.2, 0.25) is 0 Å². The Bertz CT molecular complexity index is 755. The highest BCUT2D eigenvalue weighted by atomic mass is 32.2. The molecule has 0 saturated heterocycles. The minimum absolute atomic E-state index is 0.484. The van der Waals surface area contributed by atoms with E-state index in [0.717, 1.165) is 22.6 Å². The molecule has 7 heteroatoms. The van der Waals surface area contributed by atoms with E-state index in [1.807, 2.05) is 30.3 Å². The molecule has 2 aromatic heterocycles. The maximum atomic E-state index is 5.66. The molecule has 0 saturated carbocycles. The summed E-state index contributed by atoms with van der Waals surface area (Å²) in [4.78, 5) is 3.97. The highest BCUT2D eigenvalue weighted by Crippen LogP contribution is 2.29. The lowest BCUT2D eigenvalue weighted by Gasteiger charge is -2.07. The summed E-state index contributed by atoms with van der Waals surface area (Å²) < 4.78 is 16.2. The summed E-state index contributed by atoms with van der Waals surface area (Å²) in [5.41, 5.74) is 1.90. The third kappa shape index (κ3) is 3.81. The second-order valence-electron chi connectivity index (χ2n) is 4.62. The lowest BCUT2D eigenvalue weighted by molar-refractivity contribution is 0.393. The number of benzene rings is 1. The van der Waals surface area contributed by atoms with Gasteiger partial charge in [-0.05, 0) is 29.8 Å². The summed E-state index contributed by atoms with van der Waals surface area (Å²) >= 11 is 1.46. The molecule has 1 aromatic carbocycles. The van der Waals surface area contributed by atoms with Crippen LogP contribution >= 0.6 is 11.8 Å². The van der Waals surface area contributed by atoms with Gasteiger partial charge in [0.25, 0.3) is 5.22 Å². The summed E-state index contributed by atoms with van der Waals surface area (Å²) in [5, 5.41) is 8.62.